The number of aliphatic hydroxyl groups is 1. The van der Waals surface area contributed by atoms with Crippen molar-refractivity contribution in [2.24, 2.45) is 0 Å². The molecule has 3 heterocycles. The molecule has 0 unspecified atom stereocenters. The maximum absolute atomic E-state index is 12.6. The lowest BCUT2D eigenvalue weighted by Gasteiger charge is -2.36. The zero-order valence-electron chi connectivity index (χ0n) is 13.9. The van der Waals surface area contributed by atoms with Crippen LogP contribution in [0.4, 0.5) is 5.82 Å². The molecule has 0 bridgehead atoms. The van der Waals surface area contributed by atoms with Gasteiger partial charge in [0.2, 0.25) is 0 Å². The summed E-state index contributed by atoms with van der Waals surface area (Å²) >= 11 is 6.09. The molecule has 134 valence electrons. The average molecular weight is 373 g/mol. The molecule has 0 aliphatic carbocycles. The van der Waals surface area contributed by atoms with Gasteiger partial charge >= 0.3 is 0 Å². The van der Waals surface area contributed by atoms with Crippen LogP contribution in [0.3, 0.4) is 0 Å². The van der Waals surface area contributed by atoms with E-state index in [1.54, 1.807) is 41.7 Å². The Morgan fingerprint density at radius 1 is 1.15 bits per heavy atom. The van der Waals surface area contributed by atoms with E-state index in [-0.39, 0.29) is 5.91 Å². The number of rotatable bonds is 3. The highest BCUT2D eigenvalue weighted by Crippen LogP contribution is 2.25. The van der Waals surface area contributed by atoms with Crippen LogP contribution in [0.25, 0.3) is 5.78 Å². The largest absolute Gasteiger partial charge is 0.378 e. The first kappa shape index (κ1) is 16.7. The van der Waals surface area contributed by atoms with E-state index in [9.17, 15) is 9.90 Å². The quantitative estimate of drug-likeness (QED) is 0.742. The molecule has 3 aromatic rings. The molecular formula is C17H17ClN6O2. The number of aromatic nitrogens is 4. The Bertz CT molecular complexity index is 938. The first-order chi connectivity index (χ1) is 12.6. The van der Waals surface area contributed by atoms with Crippen LogP contribution in [-0.2, 0) is 4.79 Å². The molecule has 1 aliphatic rings. The van der Waals surface area contributed by atoms with Crippen LogP contribution in [0, 0.1) is 0 Å². The highest BCUT2D eigenvalue weighted by Gasteiger charge is 2.28. The van der Waals surface area contributed by atoms with E-state index in [1.165, 1.54) is 0 Å². The van der Waals surface area contributed by atoms with Gasteiger partial charge in [0.05, 0.1) is 0 Å². The third-order valence-corrected chi connectivity index (χ3v) is 4.88. The molecule has 2 aromatic heterocycles. The number of nitrogens with zero attached hydrogens (tertiary/aromatic N) is 6. The fraction of sp³-hybridized carbons (Fsp3) is 0.294. The molecule has 1 N–H and O–H groups in total. The van der Waals surface area contributed by atoms with Crippen molar-refractivity contribution in [2.75, 3.05) is 31.1 Å². The minimum Gasteiger partial charge on any atom is -0.378 e. The number of anilines is 1. The lowest BCUT2D eigenvalue weighted by atomic mass is 10.1. The van der Waals surface area contributed by atoms with Crippen LogP contribution in [-0.4, -0.2) is 61.7 Å². The number of piperazine rings is 1. The van der Waals surface area contributed by atoms with Crippen LogP contribution in [0.5, 0.6) is 0 Å². The Labute approximate surface area is 154 Å². The molecule has 8 nitrogen and oxygen atoms in total. The van der Waals surface area contributed by atoms with Crippen molar-refractivity contribution < 1.29 is 9.90 Å². The minimum atomic E-state index is -1.25. The van der Waals surface area contributed by atoms with E-state index in [0.717, 1.165) is 5.82 Å². The highest BCUT2D eigenvalue weighted by molar-refractivity contribution is 6.31. The second-order valence-corrected chi connectivity index (χ2v) is 6.45. The molecule has 26 heavy (non-hydrogen) atoms. The number of fused-ring (bicyclic) bond motifs is 1. The average Bonchev–Trinajstić information content (AvgIpc) is 3.16. The summed E-state index contributed by atoms with van der Waals surface area (Å²) < 4.78 is 1.82. The molecule has 1 fully saturated rings. The number of hydrogen-bond donors (Lipinski definition) is 1. The van der Waals surface area contributed by atoms with Crippen LogP contribution in [0.1, 0.15) is 11.7 Å². The van der Waals surface area contributed by atoms with Gasteiger partial charge in [-0.05, 0) is 12.1 Å². The molecule has 0 saturated carbocycles. The van der Waals surface area contributed by atoms with E-state index in [2.05, 4.69) is 20.1 Å². The third kappa shape index (κ3) is 2.97. The molecule has 1 amide bonds. The van der Waals surface area contributed by atoms with Gasteiger partial charge in [0.25, 0.3) is 11.7 Å². The summed E-state index contributed by atoms with van der Waals surface area (Å²) in [5, 5.41) is 18.6. The van der Waals surface area contributed by atoms with Gasteiger partial charge in [0.15, 0.2) is 6.10 Å². The second kappa shape index (κ2) is 6.89. The van der Waals surface area contributed by atoms with Crippen LogP contribution in [0.15, 0.2) is 42.9 Å². The molecule has 9 heteroatoms. The minimum absolute atomic E-state index is 0.332. The Morgan fingerprint density at radius 2 is 1.92 bits per heavy atom. The van der Waals surface area contributed by atoms with Crippen molar-refractivity contribution in [3.8, 4) is 0 Å². The van der Waals surface area contributed by atoms with Crippen molar-refractivity contribution in [1.29, 1.82) is 0 Å². The van der Waals surface area contributed by atoms with Crippen molar-refractivity contribution in [3.63, 3.8) is 0 Å². The van der Waals surface area contributed by atoms with Crippen molar-refractivity contribution >= 4 is 29.1 Å². The molecular weight excluding hydrogens is 356 g/mol. The molecule has 1 atom stereocenters. The van der Waals surface area contributed by atoms with Gasteiger partial charge < -0.3 is 14.9 Å². The summed E-state index contributed by atoms with van der Waals surface area (Å²) in [7, 11) is 0. The standard InChI is InChI=1S/C17H17ClN6O2/c18-13-4-2-1-3-12(13)15(25)16(26)23-9-7-22(8-10-23)14-5-6-19-17-21-20-11-24(14)17/h1-6,11,15,25H,7-10H2/t15-/m0/s1. The van der Waals surface area contributed by atoms with Crippen LogP contribution < -0.4 is 4.90 Å². The Kier molecular flexibility index (Phi) is 4.44. The topological polar surface area (TPSA) is 86.9 Å². The van der Waals surface area contributed by atoms with Crippen LogP contribution >= 0.6 is 11.6 Å². The summed E-state index contributed by atoms with van der Waals surface area (Å²) in [6.07, 6.45) is 2.06. The fourth-order valence-electron chi connectivity index (χ4n) is 3.15. The lowest BCUT2D eigenvalue weighted by molar-refractivity contribution is -0.140. The lowest BCUT2D eigenvalue weighted by Crippen LogP contribution is -2.50. The van der Waals surface area contributed by atoms with Gasteiger partial charge in [0.1, 0.15) is 12.1 Å². The first-order valence-corrected chi connectivity index (χ1v) is 8.64. The normalized spacial score (nSPS) is 16.1. The van der Waals surface area contributed by atoms with Gasteiger partial charge in [0, 0.05) is 43.0 Å². The van der Waals surface area contributed by atoms with Crippen molar-refractivity contribution in [3.05, 3.63) is 53.4 Å². The van der Waals surface area contributed by atoms with E-state index in [4.69, 9.17) is 11.6 Å². The highest BCUT2D eigenvalue weighted by atomic mass is 35.5. The van der Waals surface area contributed by atoms with Gasteiger partial charge in [-0.1, -0.05) is 29.8 Å². The Hall–Kier alpha value is -2.71. The number of hydrogen-bond acceptors (Lipinski definition) is 6. The zero-order valence-corrected chi connectivity index (χ0v) is 14.6. The molecule has 1 aromatic carbocycles. The summed E-state index contributed by atoms with van der Waals surface area (Å²) in [4.78, 5) is 20.6. The van der Waals surface area contributed by atoms with E-state index >= 15 is 0 Å². The molecule has 1 aliphatic heterocycles. The van der Waals surface area contributed by atoms with Crippen molar-refractivity contribution in [1.82, 2.24) is 24.5 Å². The maximum atomic E-state index is 12.6. The fourth-order valence-corrected chi connectivity index (χ4v) is 3.39. The number of amides is 1. The Balaban J connectivity index is 1.46. The van der Waals surface area contributed by atoms with Gasteiger partial charge in [-0.25, -0.2) is 4.98 Å². The number of carbonyl (C=O) groups excluding carboxylic acids is 1. The van der Waals surface area contributed by atoms with E-state index in [1.807, 2.05) is 10.5 Å². The number of aliphatic hydroxyl groups excluding tert-OH is 1. The molecule has 4 rings (SSSR count). The summed E-state index contributed by atoms with van der Waals surface area (Å²) in [5.74, 6) is 1.14. The number of halogens is 1. The van der Waals surface area contributed by atoms with Crippen LogP contribution in [0.2, 0.25) is 5.02 Å². The maximum Gasteiger partial charge on any atom is 0.256 e. The predicted octanol–water partition coefficient (Wildman–Crippen LogP) is 1.16. The molecule has 0 radical (unpaired) electrons. The van der Waals surface area contributed by atoms with Gasteiger partial charge in [-0.15, -0.1) is 10.2 Å². The van der Waals surface area contributed by atoms with Gasteiger partial charge in [-0.2, -0.15) is 0 Å². The number of benzene rings is 1. The summed E-state index contributed by atoms with van der Waals surface area (Å²) in [6, 6.07) is 8.75. The predicted molar refractivity (Wildman–Crippen MR) is 96.0 cm³/mol. The van der Waals surface area contributed by atoms with Crippen molar-refractivity contribution in [2.45, 2.75) is 6.10 Å². The first-order valence-electron chi connectivity index (χ1n) is 8.26. The van der Waals surface area contributed by atoms with Gasteiger partial charge in [-0.3, -0.25) is 9.20 Å². The molecule has 1 saturated heterocycles. The smallest absolute Gasteiger partial charge is 0.256 e. The molecule has 0 spiro atoms. The zero-order chi connectivity index (χ0) is 18.1. The number of carbonyl (C=O) groups is 1. The SMILES string of the molecule is O=C([C@@H](O)c1ccccc1Cl)N1CCN(c2ccnc3nncn23)CC1. The summed E-state index contributed by atoms with van der Waals surface area (Å²) in [6.45, 7) is 2.29. The third-order valence-electron chi connectivity index (χ3n) is 4.54. The Morgan fingerprint density at radius 3 is 2.69 bits per heavy atom. The van der Waals surface area contributed by atoms with E-state index < -0.39 is 6.10 Å². The van der Waals surface area contributed by atoms with E-state index in [0.29, 0.717) is 42.5 Å². The monoisotopic (exact) mass is 372 g/mol. The second-order valence-electron chi connectivity index (χ2n) is 6.04. The summed E-state index contributed by atoms with van der Waals surface area (Å²) in [5.41, 5.74) is 0.432.